The number of nitrogens with one attached hydrogen (secondary N) is 2. The third-order valence-electron chi connectivity index (χ3n) is 4.29. The molecule has 1 heterocycles. The molecule has 1 atom stereocenters. The van der Waals surface area contributed by atoms with Gasteiger partial charge in [-0.25, -0.2) is 0 Å². The molecule has 3 aromatic rings. The first-order valence-corrected chi connectivity index (χ1v) is 9.08. The Bertz CT molecular complexity index is 965. The molecule has 0 aliphatic heterocycles. The van der Waals surface area contributed by atoms with Crippen molar-refractivity contribution in [1.29, 1.82) is 0 Å². The number of aromatic nitrogens is 1. The summed E-state index contributed by atoms with van der Waals surface area (Å²) in [4.78, 5) is 14.8. The largest absolute Gasteiger partial charge is 0.487 e. The molecule has 28 heavy (non-hydrogen) atoms. The Hall–Kier alpha value is -2.34. The second-order valence-electron chi connectivity index (χ2n) is 7.67. The number of pyridine rings is 1. The van der Waals surface area contributed by atoms with Crippen LogP contribution in [0.25, 0.3) is 10.9 Å². The molecule has 0 bridgehead atoms. The van der Waals surface area contributed by atoms with Gasteiger partial charge in [0.15, 0.2) is 0 Å². The first-order valence-electron chi connectivity index (χ1n) is 9.08. The van der Waals surface area contributed by atoms with Crippen molar-refractivity contribution in [2.75, 3.05) is 6.61 Å². The maximum absolute atomic E-state index is 11.9. The number of aliphatic hydroxyl groups excluding tert-OH is 1. The molecule has 3 N–H and O–H groups in total. The monoisotopic (exact) mass is 402 g/mol. The van der Waals surface area contributed by atoms with Crippen LogP contribution in [0.15, 0.2) is 59.4 Å². The van der Waals surface area contributed by atoms with E-state index < -0.39 is 0 Å². The van der Waals surface area contributed by atoms with Crippen LogP contribution in [0.3, 0.4) is 0 Å². The Labute approximate surface area is 171 Å². The van der Waals surface area contributed by atoms with Crippen LogP contribution in [-0.2, 0) is 6.61 Å². The summed E-state index contributed by atoms with van der Waals surface area (Å²) in [6.45, 7) is 6.52. The van der Waals surface area contributed by atoms with Crippen molar-refractivity contribution in [1.82, 2.24) is 10.3 Å². The lowest BCUT2D eigenvalue weighted by molar-refractivity contribution is 0.218. The molecule has 2 aromatic carbocycles. The number of benzene rings is 2. The number of fused-ring (bicyclic) bond motifs is 1. The lowest BCUT2D eigenvalue weighted by Gasteiger charge is -2.28. The van der Waals surface area contributed by atoms with Crippen molar-refractivity contribution in [3.8, 4) is 5.75 Å². The Morgan fingerprint density at radius 1 is 1.07 bits per heavy atom. The van der Waals surface area contributed by atoms with Crippen molar-refractivity contribution >= 4 is 23.3 Å². The number of hydrogen-bond acceptors (Lipinski definition) is 4. The summed E-state index contributed by atoms with van der Waals surface area (Å²) in [6.07, 6.45) is 0. The zero-order valence-electron chi connectivity index (χ0n) is 16.4. The van der Waals surface area contributed by atoms with Crippen molar-refractivity contribution in [3.05, 3.63) is 76.1 Å². The molecule has 0 saturated heterocycles. The highest BCUT2D eigenvalue weighted by atomic mass is 35.5. The maximum atomic E-state index is 11.9. The summed E-state index contributed by atoms with van der Waals surface area (Å²) in [5.41, 5.74) is 2.27. The van der Waals surface area contributed by atoms with Gasteiger partial charge in [0.2, 0.25) is 5.56 Å². The average Bonchev–Trinajstić information content (AvgIpc) is 2.64. The van der Waals surface area contributed by atoms with Crippen LogP contribution in [0.1, 0.15) is 37.9 Å². The van der Waals surface area contributed by atoms with Crippen LogP contribution in [0.4, 0.5) is 0 Å². The van der Waals surface area contributed by atoms with Gasteiger partial charge >= 0.3 is 0 Å². The van der Waals surface area contributed by atoms with Crippen LogP contribution >= 0.6 is 12.4 Å². The van der Waals surface area contributed by atoms with Gasteiger partial charge in [0.1, 0.15) is 12.4 Å². The number of hydrogen-bond donors (Lipinski definition) is 3. The van der Waals surface area contributed by atoms with Crippen LogP contribution in [0, 0.1) is 0 Å². The minimum absolute atomic E-state index is 0. The van der Waals surface area contributed by atoms with Crippen molar-refractivity contribution in [2.24, 2.45) is 0 Å². The average molecular weight is 403 g/mol. The summed E-state index contributed by atoms with van der Waals surface area (Å²) >= 11 is 0. The van der Waals surface area contributed by atoms with E-state index in [4.69, 9.17) is 4.74 Å². The second kappa shape index (κ2) is 9.24. The standard InChI is InChI=1S/C22H26N2O3.ClH/c1-22(2,3)24-18(13-25)16-9-11-19(21-17(16)10-12-20(26)23-21)27-14-15-7-5-4-6-8-15;/h4-12,18,24-25H,13-14H2,1-3H3,(H,23,26);1H. The molecule has 0 saturated carbocycles. The SMILES string of the molecule is CC(C)(C)NC(CO)c1ccc(OCc2ccccc2)c2[nH]c(=O)ccc12.Cl. The van der Waals surface area contributed by atoms with E-state index in [2.05, 4.69) is 31.1 Å². The van der Waals surface area contributed by atoms with Gasteiger partial charge < -0.3 is 20.1 Å². The van der Waals surface area contributed by atoms with Crippen molar-refractivity contribution < 1.29 is 9.84 Å². The fourth-order valence-electron chi connectivity index (χ4n) is 3.15. The van der Waals surface area contributed by atoms with E-state index in [0.717, 1.165) is 16.5 Å². The van der Waals surface area contributed by atoms with E-state index in [1.807, 2.05) is 42.5 Å². The third-order valence-corrected chi connectivity index (χ3v) is 4.29. The van der Waals surface area contributed by atoms with Gasteiger partial charge in [-0.1, -0.05) is 36.4 Å². The van der Waals surface area contributed by atoms with Gasteiger partial charge in [0.05, 0.1) is 18.2 Å². The summed E-state index contributed by atoms with van der Waals surface area (Å²) in [7, 11) is 0. The normalized spacial score (nSPS) is 12.4. The molecule has 1 aromatic heterocycles. The molecule has 0 spiro atoms. The maximum Gasteiger partial charge on any atom is 0.248 e. The number of aromatic amines is 1. The first kappa shape index (κ1) is 22.0. The van der Waals surface area contributed by atoms with Gasteiger partial charge in [0.25, 0.3) is 0 Å². The van der Waals surface area contributed by atoms with E-state index in [1.165, 1.54) is 6.07 Å². The molecular weight excluding hydrogens is 376 g/mol. The molecule has 3 rings (SSSR count). The number of H-pyrrole nitrogens is 1. The Morgan fingerprint density at radius 2 is 1.79 bits per heavy atom. The van der Waals surface area contributed by atoms with E-state index in [9.17, 15) is 9.90 Å². The third kappa shape index (κ3) is 5.35. The molecule has 6 heteroatoms. The summed E-state index contributed by atoms with van der Waals surface area (Å²) < 4.78 is 5.98. The molecule has 0 radical (unpaired) electrons. The van der Waals surface area contributed by atoms with Gasteiger partial charge in [-0.05, 0) is 44.0 Å². The predicted molar refractivity (Wildman–Crippen MR) is 115 cm³/mol. The first-order chi connectivity index (χ1) is 12.9. The van der Waals surface area contributed by atoms with Crippen LogP contribution in [0.5, 0.6) is 5.75 Å². The van der Waals surface area contributed by atoms with Gasteiger partial charge in [0, 0.05) is 17.0 Å². The predicted octanol–water partition coefficient (Wildman–Crippen LogP) is 3.95. The lowest BCUT2D eigenvalue weighted by atomic mass is 9.98. The van der Waals surface area contributed by atoms with E-state index in [-0.39, 0.29) is 36.2 Å². The molecule has 150 valence electrons. The van der Waals surface area contributed by atoms with Gasteiger partial charge in [-0.15, -0.1) is 12.4 Å². The molecule has 5 nitrogen and oxygen atoms in total. The minimum atomic E-state index is -0.249. The Balaban J connectivity index is 0.00000280. The fourth-order valence-corrected chi connectivity index (χ4v) is 3.15. The molecule has 1 unspecified atom stereocenters. The minimum Gasteiger partial charge on any atom is -0.487 e. The highest BCUT2D eigenvalue weighted by Gasteiger charge is 2.21. The van der Waals surface area contributed by atoms with Crippen LogP contribution in [-0.4, -0.2) is 22.2 Å². The quantitative estimate of drug-likeness (QED) is 0.583. The van der Waals surface area contributed by atoms with Gasteiger partial charge in [-0.3, -0.25) is 4.79 Å². The molecule has 0 fully saturated rings. The van der Waals surface area contributed by atoms with E-state index in [0.29, 0.717) is 17.9 Å². The van der Waals surface area contributed by atoms with Crippen molar-refractivity contribution in [2.45, 2.75) is 39.0 Å². The number of halogens is 1. The molecular formula is C22H27ClN2O3. The number of rotatable bonds is 6. The highest BCUT2D eigenvalue weighted by molar-refractivity contribution is 5.88. The number of aliphatic hydroxyl groups is 1. The van der Waals surface area contributed by atoms with Crippen LogP contribution < -0.4 is 15.6 Å². The summed E-state index contributed by atoms with van der Waals surface area (Å²) in [6, 6.07) is 16.7. The topological polar surface area (TPSA) is 74.3 Å². The van der Waals surface area contributed by atoms with Crippen LogP contribution in [0.2, 0.25) is 0 Å². The fraction of sp³-hybridized carbons (Fsp3) is 0.318. The zero-order chi connectivity index (χ0) is 19.4. The smallest absolute Gasteiger partial charge is 0.248 e. The van der Waals surface area contributed by atoms with Crippen molar-refractivity contribution in [3.63, 3.8) is 0 Å². The highest BCUT2D eigenvalue weighted by Crippen LogP contribution is 2.31. The second-order valence-corrected chi connectivity index (χ2v) is 7.67. The zero-order valence-corrected chi connectivity index (χ0v) is 17.2. The number of ether oxygens (including phenoxy) is 1. The van der Waals surface area contributed by atoms with Gasteiger partial charge in [-0.2, -0.15) is 0 Å². The van der Waals surface area contributed by atoms with E-state index >= 15 is 0 Å². The Kier molecular flexibility index (Phi) is 7.24. The Morgan fingerprint density at radius 3 is 2.43 bits per heavy atom. The molecule has 0 aliphatic carbocycles. The molecule has 0 aliphatic rings. The summed E-state index contributed by atoms with van der Waals surface area (Å²) in [5, 5.41) is 14.2. The lowest BCUT2D eigenvalue weighted by Crippen LogP contribution is -2.40. The molecule has 0 amide bonds. The van der Waals surface area contributed by atoms with E-state index in [1.54, 1.807) is 6.07 Å². The summed E-state index contributed by atoms with van der Waals surface area (Å²) in [5.74, 6) is 0.614.